The van der Waals surface area contributed by atoms with Gasteiger partial charge >= 0.3 is 0 Å². The van der Waals surface area contributed by atoms with Crippen LogP contribution in [0.5, 0.6) is 11.5 Å². The summed E-state index contributed by atoms with van der Waals surface area (Å²) in [5, 5.41) is 4.65. The third-order valence-electron chi connectivity index (χ3n) is 6.47. The molecule has 3 aromatic rings. The molecule has 1 fully saturated rings. The molecule has 1 atom stereocenters. The van der Waals surface area contributed by atoms with Crippen molar-refractivity contribution in [2.45, 2.75) is 37.3 Å². The van der Waals surface area contributed by atoms with Gasteiger partial charge in [0.2, 0.25) is 0 Å². The SMILES string of the molecule is COc1cc2c(cc1OCc1ccccc1)C(C1(c3ccccc3Cl)CC1)NCC2. The molecular weight excluding hydrogens is 394 g/mol. The molecule has 0 aromatic heterocycles. The molecule has 0 amide bonds. The van der Waals surface area contributed by atoms with Crippen molar-refractivity contribution >= 4 is 11.6 Å². The molecule has 1 heterocycles. The summed E-state index contributed by atoms with van der Waals surface area (Å²) in [5.41, 5.74) is 5.09. The van der Waals surface area contributed by atoms with Crippen molar-refractivity contribution in [3.63, 3.8) is 0 Å². The number of halogens is 1. The molecule has 3 nitrogen and oxygen atoms in total. The zero-order valence-electron chi connectivity index (χ0n) is 17.2. The molecule has 1 unspecified atom stereocenters. The second kappa shape index (κ2) is 7.98. The Labute approximate surface area is 183 Å². The van der Waals surface area contributed by atoms with E-state index in [1.54, 1.807) is 7.11 Å². The first-order chi connectivity index (χ1) is 14.7. The van der Waals surface area contributed by atoms with E-state index in [0.29, 0.717) is 6.61 Å². The lowest BCUT2D eigenvalue weighted by Gasteiger charge is -2.35. The van der Waals surface area contributed by atoms with Crippen LogP contribution in [0.4, 0.5) is 0 Å². The Kier molecular flexibility index (Phi) is 5.18. The van der Waals surface area contributed by atoms with Gasteiger partial charge in [0, 0.05) is 16.5 Å². The molecule has 1 N–H and O–H groups in total. The van der Waals surface area contributed by atoms with Crippen LogP contribution in [0.2, 0.25) is 5.02 Å². The number of hydrogen-bond donors (Lipinski definition) is 1. The fourth-order valence-electron chi connectivity index (χ4n) is 4.78. The van der Waals surface area contributed by atoms with Gasteiger partial charge in [-0.1, -0.05) is 60.1 Å². The Balaban J connectivity index is 1.51. The number of nitrogens with one attached hydrogen (secondary N) is 1. The monoisotopic (exact) mass is 419 g/mol. The van der Waals surface area contributed by atoms with Crippen molar-refractivity contribution in [2.75, 3.05) is 13.7 Å². The second-order valence-electron chi connectivity index (χ2n) is 8.25. The zero-order valence-corrected chi connectivity index (χ0v) is 17.9. The molecule has 30 heavy (non-hydrogen) atoms. The number of methoxy groups -OCH3 is 1. The Morgan fingerprint density at radius 2 is 1.77 bits per heavy atom. The lowest BCUT2D eigenvalue weighted by Crippen LogP contribution is -2.38. The maximum Gasteiger partial charge on any atom is 0.162 e. The van der Waals surface area contributed by atoms with Crippen molar-refractivity contribution in [3.8, 4) is 11.5 Å². The highest BCUT2D eigenvalue weighted by Crippen LogP contribution is 2.59. The first kappa shape index (κ1) is 19.5. The minimum absolute atomic E-state index is 0.0544. The van der Waals surface area contributed by atoms with Gasteiger partial charge in [0.25, 0.3) is 0 Å². The van der Waals surface area contributed by atoms with Crippen LogP contribution in [0, 0.1) is 0 Å². The van der Waals surface area contributed by atoms with Crippen LogP contribution < -0.4 is 14.8 Å². The van der Waals surface area contributed by atoms with Crippen LogP contribution in [-0.2, 0) is 18.4 Å². The molecule has 3 aromatic carbocycles. The van der Waals surface area contributed by atoms with Gasteiger partial charge < -0.3 is 14.8 Å². The lowest BCUT2D eigenvalue weighted by atomic mass is 9.79. The molecule has 0 saturated heterocycles. The Morgan fingerprint density at radius 3 is 2.50 bits per heavy atom. The predicted octanol–water partition coefficient (Wildman–Crippen LogP) is 5.85. The van der Waals surface area contributed by atoms with E-state index in [0.717, 1.165) is 47.9 Å². The van der Waals surface area contributed by atoms with E-state index >= 15 is 0 Å². The van der Waals surface area contributed by atoms with Gasteiger partial charge in [-0.15, -0.1) is 0 Å². The molecule has 5 rings (SSSR count). The highest BCUT2D eigenvalue weighted by atomic mass is 35.5. The smallest absolute Gasteiger partial charge is 0.162 e. The van der Waals surface area contributed by atoms with E-state index in [1.165, 1.54) is 16.7 Å². The van der Waals surface area contributed by atoms with Crippen LogP contribution >= 0.6 is 11.6 Å². The van der Waals surface area contributed by atoms with Gasteiger partial charge in [-0.2, -0.15) is 0 Å². The average Bonchev–Trinajstić information content (AvgIpc) is 3.59. The fourth-order valence-corrected chi connectivity index (χ4v) is 5.10. The summed E-state index contributed by atoms with van der Waals surface area (Å²) in [6.45, 7) is 1.47. The number of ether oxygens (including phenoxy) is 2. The summed E-state index contributed by atoms with van der Waals surface area (Å²) < 4.78 is 11.9. The summed E-state index contributed by atoms with van der Waals surface area (Å²) in [6, 6.07) is 23.1. The predicted molar refractivity (Wildman–Crippen MR) is 121 cm³/mol. The Morgan fingerprint density at radius 1 is 1.00 bits per heavy atom. The first-order valence-electron chi connectivity index (χ1n) is 10.6. The maximum atomic E-state index is 6.62. The highest BCUT2D eigenvalue weighted by Gasteiger charge is 2.53. The van der Waals surface area contributed by atoms with Crippen LogP contribution in [-0.4, -0.2) is 13.7 Å². The summed E-state index contributed by atoms with van der Waals surface area (Å²) in [5.74, 6) is 1.59. The van der Waals surface area contributed by atoms with E-state index in [-0.39, 0.29) is 11.5 Å². The van der Waals surface area contributed by atoms with E-state index < -0.39 is 0 Å². The maximum absolute atomic E-state index is 6.62. The van der Waals surface area contributed by atoms with Crippen LogP contribution in [0.15, 0.2) is 66.7 Å². The quantitative estimate of drug-likeness (QED) is 0.544. The van der Waals surface area contributed by atoms with Crippen LogP contribution in [0.25, 0.3) is 0 Å². The summed E-state index contributed by atoms with van der Waals surface area (Å²) >= 11 is 6.62. The molecule has 1 saturated carbocycles. The molecular formula is C26H26ClNO2. The Hall–Kier alpha value is -2.49. The van der Waals surface area contributed by atoms with Crippen molar-refractivity contribution in [3.05, 3.63) is 94.0 Å². The van der Waals surface area contributed by atoms with Crippen molar-refractivity contribution in [1.29, 1.82) is 0 Å². The van der Waals surface area contributed by atoms with Gasteiger partial charge in [0.1, 0.15) is 6.61 Å². The number of rotatable bonds is 6. The van der Waals surface area contributed by atoms with E-state index in [1.807, 2.05) is 30.3 Å². The lowest BCUT2D eigenvalue weighted by molar-refractivity contribution is 0.282. The second-order valence-corrected chi connectivity index (χ2v) is 8.66. The number of hydrogen-bond acceptors (Lipinski definition) is 3. The third kappa shape index (κ3) is 3.46. The molecule has 1 aliphatic heterocycles. The normalized spacial score (nSPS) is 19.1. The fraction of sp³-hybridized carbons (Fsp3) is 0.308. The minimum atomic E-state index is 0.0544. The minimum Gasteiger partial charge on any atom is -0.493 e. The summed E-state index contributed by atoms with van der Waals surface area (Å²) in [7, 11) is 1.71. The van der Waals surface area contributed by atoms with Crippen molar-refractivity contribution < 1.29 is 9.47 Å². The van der Waals surface area contributed by atoms with Crippen molar-refractivity contribution in [2.24, 2.45) is 0 Å². The van der Waals surface area contributed by atoms with E-state index in [4.69, 9.17) is 21.1 Å². The molecule has 4 heteroatoms. The van der Waals surface area contributed by atoms with Gasteiger partial charge in [-0.25, -0.2) is 0 Å². The van der Waals surface area contributed by atoms with Gasteiger partial charge in [-0.3, -0.25) is 0 Å². The summed E-state index contributed by atoms with van der Waals surface area (Å²) in [4.78, 5) is 0. The zero-order chi connectivity index (χ0) is 20.6. The molecule has 1 aliphatic carbocycles. The van der Waals surface area contributed by atoms with Gasteiger partial charge in [0.15, 0.2) is 11.5 Å². The van der Waals surface area contributed by atoms with Gasteiger partial charge in [0.05, 0.1) is 7.11 Å². The molecule has 0 spiro atoms. The standard InChI is InChI=1S/C26H26ClNO2/c1-29-23-15-19-11-14-28-25(26(12-13-26)21-9-5-6-10-22(21)27)20(19)16-24(23)30-17-18-7-3-2-4-8-18/h2-10,15-16,25,28H,11-14,17H2,1H3. The van der Waals surface area contributed by atoms with E-state index in [2.05, 4.69) is 41.7 Å². The number of benzene rings is 3. The highest BCUT2D eigenvalue weighted by molar-refractivity contribution is 6.31. The topological polar surface area (TPSA) is 30.5 Å². The molecule has 0 bridgehead atoms. The first-order valence-corrected chi connectivity index (χ1v) is 10.9. The number of fused-ring (bicyclic) bond motifs is 1. The third-order valence-corrected chi connectivity index (χ3v) is 6.80. The van der Waals surface area contributed by atoms with Gasteiger partial charge in [-0.05, 0) is 66.3 Å². The molecule has 154 valence electrons. The van der Waals surface area contributed by atoms with Crippen LogP contribution in [0.1, 0.15) is 41.1 Å². The molecule has 2 aliphatic rings. The largest absolute Gasteiger partial charge is 0.493 e. The van der Waals surface area contributed by atoms with E-state index in [9.17, 15) is 0 Å². The average molecular weight is 420 g/mol. The molecule has 0 radical (unpaired) electrons. The van der Waals surface area contributed by atoms with Crippen molar-refractivity contribution in [1.82, 2.24) is 5.32 Å². The summed E-state index contributed by atoms with van der Waals surface area (Å²) in [6.07, 6.45) is 3.26. The van der Waals surface area contributed by atoms with Crippen LogP contribution in [0.3, 0.4) is 0 Å². The Bertz CT molecular complexity index is 1050.